The van der Waals surface area contributed by atoms with E-state index in [1.54, 1.807) is 0 Å². The number of aliphatic hydroxyl groups is 1. The minimum atomic E-state index is -0.211. The predicted molar refractivity (Wildman–Crippen MR) is 43.0 cm³/mol. The first-order chi connectivity index (χ1) is 5.27. The molecular formula is C9H13NO. The lowest BCUT2D eigenvalue weighted by molar-refractivity contribution is 0.0902. The van der Waals surface area contributed by atoms with Gasteiger partial charge in [-0.1, -0.05) is 0 Å². The van der Waals surface area contributed by atoms with Gasteiger partial charge in [-0.15, -0.1) is 12.3 Å². The summed E-state index contributed by atoms with van der Waals surface area (Å²) in [5, 5.41) is 13.0. The number of aliphatic hydroxyl groups excluding tert-OH is 1. The fourth-order valence-electron chi connectivity index (χ4n) is 2.36. The Hall–Kier alpha value is -0.520. The van der Waals surface area contributed by atoms with E-state index in [-0.39, 0.29) is 11.6 Å². The summed E-state index contributed by atoms with van der Waals surface area (Å²) in [6.45, 7) is 0. The van der Waals surface area contributed by atoms with Crippen LogP contribution >= 0.6 is 0 Å². The summed E-state index contributed by atoms with van der Waals surface area (Å²) in [4.78, 5) is 0. The molecule has 0 aromatic carbocycles. The van der Waals surface area contributed by atoms with Crippen molar-refractivity contribution in [2.45, 2.75) is 43.4 Å². The number of hydrogen-bond donors (Lipinski definition) is 2. The lowest BCUT2D eigenvalue weighted by Gasteiger charge is -2.28. The first kappa shape index (κ1) is 7.15. The van der Waals surface area contributed by atoms with Crippen LogP contribution < -0.4 is 5.32 Å². The van der Waals surface area contributed by atoms with Crippen LogP contribution in [0, 0.1) is 12.3 Å². The summed E-state index contributed by atoms with van der Waals surface area (Å²) in [6.07, 6.45) is 8.82. The van der Waals surface area contributed by atoms with Gasteiger partial charge < -0.3 is 10.4 Å². The summed E-state index contributed by atoms with van der Waals surface area (Å²) in [5.41, 5.74) is -0.112. The van der Waals surface area contributed by atoms with Gasteiger partial charge in [0.25, 0.3) is 0 Å². The molecule has 2 heteroatoms. The van der Waals surface area contributed by atoms with Crippen LogP contribution in [0.4, 0.5) is 0 Å². The van der Waals surface area contributed by atoms with Crippen LogP contribution in [0.2, 0.25) is 0 Å². The van der Waals surface area contributed by atoms with Crippen molar-refractivity contribution in [1.82, 2.24) is 5.32 Å². The van der Waals surface area contributed by atoms with Gasteiger partial charge in [0.05, 0.1) is 11.6 Å². The van der Waals surface area contributed by atoms with E-state index < -0.39 is 0 Å². The van der Waals surface area contributed by atoms with E-state index >= 15 is 0 Å². The molecule has 2 nitrogen and oxygen atoms in total. The second kappa shape index (κ2) is 2.23. The van der Waals surface area contributed by atoms with Gasteiger partial charge in [-0.3, -0.25) is 0 Å². The van der Waals surface area contributed by atoms with E-state index in [1.165, 1.54) is 6.42 Å². The normalized spacial score (nSPS) is 47.6. The van der Waals surface area contributed by atoms with Crippen LogP contribution in [0.15, 0.2) is 0 Å². The largest absolute Gasteiger partial charge is 0.391 e. The molecule has 2 saturated heterocycles. The first-order valence-electron chi connectivity index (χ1n) is 4.16. The summed E-state index contributed by atoms with van der Waals surface area (Å²) < 4.78 is 0. The Morgan fingerprint density at radius 2 is 2.55 bits per heavy atom. The number of fused-ring (bicyclic) bond motifs is 2. The smallest absolute Gasteiger partial charge is 0.0746 e. The molecule has 2 N–H and O–H groups in total. The average molecular weight is 151 g/mol. The van der Waals surface area contributed by atoms with Gasteiger partial charge in [-0.05, 0) is 19.3 Å². The third-order valence-electron chi connectivity index (χ3n) is 2.99. The Labute approximate surface area is 67.0 Å². The molecule has 2 fully saturated rings. The monoisotopic (exact) mass is 151 g/mol. The minimum Gasteiger partial charge on any atom is -0.391 e. The average Bonchev–Trinajstić information content (AvgIpc) is 2.45. The highest BCUT2D eigenvalue weighted by Crippen LogP contribution is 2.39. The highest BCUT2D eigenvalue weighted by molar-refractivity contribution is 5.14. The molecule has 2 rings (SSSR count). The molecule has 0 amide bonds. The van der Waals surface area contributed by atoms with E-state index in [9.17, 15) is 5.11 Å². The summed E-state index contributed by atoms with van der Waals surface area (Å²) in [7, 11) is 0. The van der Waals surface area contributed by atoms with E-state index in [1.807, 2.05) is 0 Å². The van der Waals surface area contributed by atoms with E-state index in [4.69, 9.17) is 6.42 Å². The van der Waals surface area contributed by atoms with Crippen molar-refractivity contribution >= 4 is 0 Å². The summed E-state index contributed by atoms with van der Waals surface area (Å²) in [5.74, 6) is 2.64. The number of terminal acetylenes is 1. The summed E-state index contributed by atoms with van der Waals surface area (Å²) in [6, 6.07) is 0.526. The second-order valence-electron chi connectivity index (χ2n) is 3.67. The molecule has 11 heavy (non-hydrogen) atoms. The van der Waals surface area contributed by atoms with E-state index in [0.717, 1.165) is 12.8 Å². The predicted octanol–water partition coefficient (Wildman–Crippen LogP) is 0.265. The Morgan fingerprint density at radius 3 is 3.00 bits per heavy atom. The van der Waals surface area contributed by atoms with Crippen LogP contribution in [-0.2, 0) is 0 Å². The topological polar surface area (TPSA) is 32.3 Å². The molecule has 0 saturated carbocycles. The van der Waals surface area contributed by atoms with Crippen LogP contribution in [-0.4, -0.2) is 22.8 Å². The maximum Gasteiger partial charge on any atom is 0.0746 e. The molecule has 0 aliphatic carbocycles. The van der Waals surface area contributed by atoms with Crippen molar-refractivity contribution in [1.29, 1.82) is 0 Å². The highest BCUT2D eigenvalue weighted by atomic mass is 16.3. The number of nitrogens with one attached hydrogen (secondary N) is 1. The van der Waals surface area contributed by atoms with Gasteiger partial charge >= 0.3 is 0 Å². The maximum atomic E-state index is 9.64. The molecular weight excluding hydrogens is 138 g/mol. The second-order valence-corrected chi connectivity index (χ2v) is 3.67. The molecule has 0 aromatic rings. The van der Waals surface area contributed by atoms with Crippen LogP contribution in [0.25, 0.3) is 0 Å². The zero-order valence-corrected chi connectivity index (χ0v) is 6.51. The SMILES string of the molecule is C#CCC12CCC(CC1O)N2. The van der Waals surface area contributed by atoms with Crippen molar-refractivity contribution in [3.63, 3.8) is 0 Å². The third kappa shape index (κ3) is 0.885. The van der Waals surface area contributed by atoms with Gasteiger partial charge in [0.2, 0.25) is 0 Å². The lowest BCUT2D eigenvalue weighted by atomic mass is 9.83. The van der Waals surface area contributed by atoms with Crippen LogP contribution in [0.3, 0.4) is 0 Å². The molecule has 3 unspecified atom stereocenters. The Balaban J connectivity index is 2.17. The minimum absolute atomic E-state index is 0.112. The Bertz CT molecular complexity index is 208. The van der Waals surface area contributed by atoms with Gasteiger partial charge in [0.15, 0.2) is 0 Å². The van der Waals surface area contributed by atoms with Crippen molar-refractivity contribution in [2.24, 2.45) is 0 Å². The fourth-order valence-corrected chi connectivity index (χ4v) is 2.36. The Kier molecular flexibility index (Phi) is 1.45. The standard InChI is InChI=1S/C9H13NO/c1-2-4-9-5-3-7(10-9)6-8(9)11/h1,7-8,10-11H,3-6H2. The molecule has 0 aromatic heterocycles. The van der Waals surface area contributed by atoms with E-state index in [0.29, 0.717) is 12.5 Å². The molecule has 60 valence electrons. The fraction of sp³-hybridized carbons (Fsp3) is 0.778. The van der Waals surface area contributed by atoms with Gasteiger partial charge in [0, 0.05) is 12.5 Å². The van der Waals surface area contributed by atoms with Gasteiger partial charge in [0.1, 0.15) is 0 Å². The van der Waals surface area contributed by atoms with E-state index in [2.05, 4.69) is 11.2 Å². The van der Waals surface area contributed by atoms with Crippen LogP contribution in [0.1, 0.15) is 25.7 Å². The van der Waals surface area contributed by atoms with Crippen molar-refractivity contribution in [2.75, 3.05) is 0 Å². The van der Waals surface area contributed by atoms with Crippen molar-refractivity contribution in [3.8, 4) is 12.3 Å². The Morgan fingerprint density at radius 1 is 1.73 bits per heavy atom. The molecule has 0 spiro atoms. The molecule has 2 aliphatic rings. The zero-order chi connectivity index (χ0) is 7.90. The highest BCUT2D eigenvalue weighted by Gasteiger charge is 2.50. The van der Waals surface area contributed by atoms with Crippen molar-refractivity contribution < 1.29 is 5.11 Å². The third-order valence-corrected chi connectivity index (χ3v) is 2.99. The molecule has 0 radical (unpaired) electrons. The van der Waals surface area contributed by atoms with Gasteiger partial charge in [-0.2, -0.15) is 0 Å². The first-order valence-corrected chi connectivity index (χ1v) is 4.16. The van der Waals surface area contributed by atoms with Crippen molar-refractivity contribution in [3.05, 3.63) is 0 Å². The molecule has 2 bridgehead atoms. The zero-order valence-electron chi connectivity index (χ0n) is 6.51. The maximum absolute atomic E-state index is 9.64. The van der Waals surface area contributed by atoms with Crippen LogP contribution in [0.5, 0.6) is 0 Å². The molecule has 2 aliphatic heterocycles. The number of rotatable bonds is 1. The number of hydrogen-bond acceptors (Lipinski definition) is 2. The lowest BCUT2D eigenvalue weighted by Crippen LogP contribution is -2.44. The summed E-state index contributed by atoms with van der Waals surface area (Å²) >= 11 is 0. The molecule has 2 heterocycles. The van der Waals surface area contributed by atoms with Gasteiger partial charge in [-0.25, -0.2) is 0 Å². The quantitative estimate of drug-likeness (QED) is 0.527. The molecule has 3 atom stereocenters.